The van der Waals surface area contributed by atoms with Crippen LogP contribution in [0.3, 0.4) is 0 Å². The van der Waals surface area contributed by atoms with Crippen molar-refractivity contribution in [1.29, 1.82) is 0 Å². The van der Waals surface area contributed by atoms with Gasteiger partial charge in [0.15, 0.2) is 5.11 Å². The van der Waals surface area contributed by atoms with E-state index in [1.165, 1.54) is 7.11 Å². The molecule has 0 saturated heterocycles. The van der Waals surface area contributed by atoms with Gasteiger partial charge >= 0.3 is 0 Å². The lowest BCUT2D eigenvalue weighted by Crippen LogP contribution is -2.39. The van der Waals surface area contributed by atoms with E-state index in [9.17, 15) is 4.79 Å². The second-order valence-corrected chi connectivity index (χ2v) is 6.82. The first-order valence-corrected chi connectivity index (χ1v) is 9.18. The fourth-order valence-electron chi connectivity index (χ4n) is 2.65. The number of carbonyl (C=O) groups is 1. The van der Waals surface area contributed by atoms with Crippen LogP contribution in [0.2, 0.25) is 0 Å². The number of carbonyl (C=O) groups excluding carboxylic acids is 1. The third-order valence-electron chi connectivity index (χ3n) is 3.91. The smallest absolute Gasteiger partial charge is 0.261 e. The molecule has 0 aliphatic carbocycles. The molecule has 3 aromatic rings. The van der Waals surface area contributed by atoms with Crippen molar-refractivity contribution in [2.45, 2.75) is 6.54 Å². The normalized spacial score (nSPS) is 10.4. The van der Waals surface area contributed by atoms with E-state index in [0.717, 1.165) is 20.8 Å². The summed E-state index contributed by atoms with van der Waals surface area (Å²) in [5.74, 6) is 0.158. The fourth-order valence-corrected chi connectivity index (χ4v) is 3.55. The molecule has 6 heteroatoms. The Morgan fingerprint density at radius 1 is 1.12 bits per heavy atom. The maximum Gasteiger partial charge on any atom is 0.261 e. The Morgan fingerprint density at radius 2 is 1.81 bits per heavy atom. The lowest BCUT2D eigenvalue weighted by molar-refractivity contribution is 0.0973. The first kappa shape index (κ1) is 18.4. The maximum atomic E-state index is 12.7. The molecule has 1 amide bonds. The van der Waals surface area contributed by atoms with E-state index in [0.29, 0.717) is 17.9 Å². The molecule has 0 unspecified atom stereocenters. The van der Waals surface area contributed by atoms with Crippen LogP contribution in [0.5, 0.6) is 5.75 Å². The Morgan fingerprint density at radius 3 is 2.54 bits per heavy atom. The van der Waals surface area contributed by atoms with Crippen LogP contribution in [0.15, 0.2) is 65.1 Å². The van der Waals surface area contributed by atoms with Crippen molar-refractivity contribution in [3.63, 3.8) is 0 Å². The Labute approximate surface area is 165 Å². The lowest BCUT2D eigenvalue weighted by Gasteiger charge is -2.14. The van der Waals surface area contributed by atoms with Gasteiger partial charge < -0.3 is 10.1 Å². The number of ether oxygens (including phenoxy) is 1. The highest BCUT2D eigenvalue weighted by Gasteiger charge is 2.18. The van der Waals surface area contributed by atoms with Gasteiger partial charge in [0.25, 0.3) is 5.91 Å². The largest absolute Gasteiger partial charge is 0.495 e. The number of rotatable bonds is 4. The van der Waals surface area contributed by atoms with Gasteiger partial charge in [-0.25, -0.2) is 0 Å². The quantitative estimate of drug-likeness (QED) is 0.604. The molecular weight excluding hydrogens is 412 g/mol. The van der Waals surface area contributed by atoms with Crippen LogP contribution in [0.1, 0.15) is 15.9 Å². The molecule has 3 aromatic carbocycles. The van der Waals surface area contributed by atoms with Gasteiger partial charge in [-0.15, -0.1) is 0 Å². The average Bonchev–Trinajstić information content (AvgIpc) is 2.67. The van der Waals surface area contributed by atoms with Crippen LogP contribution in [0.4, 0.5) is 0 Å². The van der Waals surface area contributed by atoms with Gasteiger partial charge in [0.1, 0.15) is 5.75 Å². The Kier molecular flexibility index (Phi) is 5.85. The SMILES string of the molecule is COc1c(C(=O)NC(=S)NCc2ccccc2)cc2ccccc2c1Br. The van der Waals surface area contributed by atoms with E-state index in [1.54, 1.807) is 6.07 Å². The topological polar surface area (TPSA) is 50.4 Å². The fraction of sp³-hybridized carbons (Fsp3) is 0.100. The number of hydrogen-bond donors (Lipinski definition) is 2. The van der Waals surface area contributed by atoms with Crippen LogP contribution in [-0.2, 0) is 6.54 Å². The number of fused-ring (bicyclic) bond motifs is 1. The molecule has 0 atom stereocenters. The number of benzene rings is 3. The molecule has 0 spiro atoms. The molecule has 0 heterocycles. The highest BCUT2D eigenvalue weighted by molar-refractivity contribution is 9.10. The van der Waals surface area contributed by atoms with E-state index in [4.69, 9.17) is 17.0 Å². The number of thiocarbonyl (C=S) groups is 1. The molecule has 0 bridgehead atoms. The van der Waals surface area contributed by atoms with Crippen molar-refractivity contribution in [1.82, 2.24) is 10.6 Å². The summed E-state index contributed by atoms with van der Waals surface area (Å²) in [6, 6.07) is 19.4. The monoisotopic (exact) mass is 428 g/mol. The zero-order valence-electron chi connectivity index (χ0n) is 14.1. The third kappa shape index (κ3) is 4.03. The minimum absolute atomic E-state index is 0.269. The third-order valence-corrected chi connectivity index (χ3v) is 4.95. The van der Waals surface area contributed by atoms with Crippen molar-refractivity contribution < 1.29 is 9.53 Å². The predicted molar refractivity (Wildman–Crippen MR) is 112 cm³/mol. The van der Waals surface area contributed by atoms with Crippen molar-refractivity contribution in [2.75, 3.05) is 7.11 Å². The minimum atomic E-state index is -0.320. The van der Waals surface area contributed by atoms with Gasteiger partial charge in [-0.3, -0.25) is 10.1 Å². The van der Waals surface area contributed by atoms with E-state index in [-0.39, 0.29) is 11.0 Å². The van der Waals surface area contributed by atoms with E-state index in [1.807, 2.05) is 54.6 Å². The molecule has 132 valence electrons. The van der Waals surface area contributed by atoms with Crippen molar-refractivity contribution >= 4 is 49.9 Å². The highest BCUT2D eigenvalue weighted by atomic mass is 79.9. The van der Waals surface area contributed by atoms with Gasteiger partial charge in [-0.05, 0) is 50.6 Å². The summed E-state index contributed by atoms with van der Waals surface area (Å²) in [7, 11) is 1.54. The van der Waals surface area contributed by atoms with Gasteiger partial charge in [0, 0.05) is 6.54 Å². The summed E-state index contributed by atoms with van der Waals surface area (Å²) < 4.78 is 6.19. The van der Waals surface area contributed by atoms with Crippen LogP contribution < -0.4 is 15.4 Å². The minimum Gasteiger partial charge on any atom is -0.495 e. The Bertz CT molecular complexity index is 961. The number of hydrogen-bond acceptors (Lipinski definition) is 3. The van der Waals surface area contributed by atoms with Crippen LogP contribution in [0, 0.1) is 0 Å². The van der Waals surface area contributed by atoms with Crippen molar-refractivity contribution in [2.24, 2.45) is 0 Å². The zero-order chi connectivity index (χ0) is 18.5. The molecule has 0 aliphatic rings. The van der Waals surface area contributed by atoms with Gasteiger partial charge in [-0.2, -0.15) is 0 Å². The number of halogens is 1. The molecule has 0 radical (unpaired) electrons. The molecule has 0 fully saturated rings. The summed E-state index contributed by atoms with van der Waals surface area (Å²) in [6.45, 7) is 0.540. The molecule has 0 aromatic heterocycles. The summed E-state index contributed by atoms with van der Waals surface area (Å²) in [5, 5.41) is 7.93. The van der Waals surface area contributed by atoms with Gasteiger partial charge in [0.05, 0.1) is 17.1 Å². The van der Waals surface area contributed by atoms with Crippen molar-refractivity contribution in [3.8, 4) is 5.75 Å². The van der Waals surface area contributed by atoms with Gasteiger partial charge in [0.2, 0.25) is 0 Å². The van der Waals surface area contributed by atoms with E-state index >= 15 is 0 Å². The zero-order valence-corrected chi connectivity index (χ0v) is 16.5. The number of amides is 1. The summed E-state index contributed by atoms with van der Waals surface area (Å²) >= 11 is 8.78. The molecule has 0 saturated carbocycles. The van der Waals surface area contributed by atoms with Crippen LogP contribution >= 0.6 is 28.1 Å². The molecule has 0 aliphatic heterocycles. The molecular formula is C20H17BrN2O2S. The molecule has 26 heavy (non-hydrogen) atoms. The molecule has 4 nitrogen and oxygen atoms in total. The van der Waals surface area contributed by atoms with E-state index < -0.39 is 0 Å². The predicted octanol–water partition coefficient (Wildman–Crippen LogP) is 4.42. The maximum absolute atomic E-state index is 12.7. The first-order chi connectivity index (χ1) is 12.6. The second-order valence-electron chi connectivity index (χ2n) is 5.61. The second kappa shape index (κ2) is 8.29. The summed E-state index contributed by atoms with van der Waals surface area (Å²) in [4.78, 5) is 12.7. The molecule has 2 N–H and O–H groups in total. The summed E-state index contributed by atoms with van der Waals surface area (Å²) in [6.07, 6.45) is 0. The first-order valence-electron chi connectivity index (χ1n) is 7.98. The van der Waals surface area contributed by atoms with Crippen molar-refractivity contribution in [3.05, 3.63) is 76.3 Å². The number of methoxy groups -OCH3 is 1. The van der Waals surface area contributed by atoms with E-state index in [2.05, 4.69) is 26.6 Å². The lowest BCUT2D eigenvalue weighted by atomic mass is 10.1. The average molecular weight is 429 g/mol. The number of nitrogens with one attached hydrogen (secondary N) is 2. The standard InChI is InChI=1S/C20H17BrN2O2S/c1-25-18-16(11-14-9-5-6-10-15(14)17(18)21)19(24)23-20(26)22-12-13-7-3-2-4-8-13/h2-11H,12H2,1H3,(H2,22,23,24,26). The Balaban J connectivity index is 1.77. The van der Waals surface area contributed by atoms with Crippen LogP contribution in [0.25, 0.3) is 10.8 Å². The van der Waals surface area contributed by atoms with Gasteiger partial charge in [-0.1, -0.05) is 54.6 Å². The van der Waals surface area contributed by atoms with Crippen LogP contribution in [-0.4, -0.2) is 18.1 Å². The molecule has 3 rings (SSSR count). The highest BCUT2D eigenvalue weighted by Crippen LogP contribution is 2.36. The Hall–Kier alpha value is -2.44. The summed E-state index contributed by atoms with van der Waals surface area (Å²) in [5.41, 5.74) is 1.50.